The Morgan fingerprint density at radius 1 is 1.56 bits per heavy atom. The van der Waals surface area contributed by atoms with Gasteiger partial charge in [-0.25, -0.2) is 0 Å². The Morgan fingerprint density at radius 3 is 2.50 bits per heavy atom. The van der Waals surface area contributed by atoms with Gasteiger partial charge in [0.2, 0.25) is 0 Å². The van der Waals surface area contributed by atoms with Crippen LogP contribution in [-0.4, -0.2) is 42.2 Å². The Kier molecular flexibility index (Phi) is 3.51. The first-order valence-electron chi connectivity index (χ1n) is 4.46. The van der Waals surface area contributed by atoms with Gasteiger partial charge in [-0.05, 0) is 0 Å². The van der Waals surface area contributed by atoms with Crippen molar-refractivity contribution in [1.29, 1.82) is 0 Å². The second-order valence-electron chi connectivity index (χ2n) is 3.23. The van der Waals surface area contributed by atoms with Gasteiger partial charge in [0.05, 0.1) is 0 Å². The summed E-state index contributed by atoms with van der Waals surface area (Å²) in [6.07, 6.45) is -0.244. The summed E-state index contributed by atoms with van der Waals surface area (Å²) in [4.78, 5) is 31.7. The van der Waals surface area contributed by atoms with Crippen molar-refractivity contribution < 1.29 is 33.2 Å². The van der Waals surface area contributed by atoms with Gasteiger partial charge in [-0.2, -0.15) is 0 Å². The summed E-state index contributed by atoms with van der Waals surface area (Å²) >= 11 is 0. The predicted octanol–water partition coefficient (Wildman–Crippen LogP) is -0.220. The normalized spacial score (nSPS) is 29.1. The molecule has 3 N–H and O–H groups in total. The summed E-state index contributed by atoms with van der Waals surface area (Å²) in [5.41, 5.74) is 0. The molecule has 0 radical (unpaired) electrons. The molecular weight excluding hydrogens is 241 g/mol. The van der Waals surface area contributed by atoms with Gasteiger partial charge in [0.25, 0.3) is 0 Å². The van der Waals surface area contributed by atoms with Crippen LogP contribution in [0.4, 0.5) is 0 Å². The van der Waals surface area contributed by atoms with E-state index >= 15 is 0 Å². The average molecular weight is 255 g/mol. The molecule has 0 amide bonds. The molecule has 0 aromatic rings. The molecule has 0 saturated carbocycles. The van der Waals surface area contributed by atoms with Crippen LogP contribution in [0.5, 0.6) is 0 Å². The van der Waals surface area contributed by atoms with E-state index in [2.05, 4.69) is 9.61 Å². The molecule has 0 aromatic carbocycles. The first-order valence-corrected chi connectivity index (χ1v) is 6.41. The van der Waals surface area contributed by atoms with Crippen LogP contribution in [0.3, 0.4) is 0 Å². The summed E-state index contributed by atoms with van der Waals surface area (Å²) in [5, 5.41) is 10.9. The van der Waals surface area contributed by atoms with Crippen molar-refractivity contribution in [2.45, 2.75) is 18.9 Å². The zero-order chi connectivity index (χ0) is 12.4. The first-order chi connectivity index (χ1) is 7.32. The van der Waals surface area contributed by atoms with Gasteiger partial charge >= 0.3 is 91.0 Å². The third-order valence-corrected chi connectivity index (χ3v) is 4.73. The molecule has 0 spiro atoms. The quantitative estimate of drug-likeness (QED) is 0.577. The molecule has 1 aliphatic rings. The fourth-order valence-electron chi connectivity index (χ4n) is 1.27. The maximum atomic E-state index is 11.4. The van der Waals surface area contributed by atoms with E-state index in [9.17, 15) is 14.5 Å². The number of rotatable bonds is 5. The average Bonchev–Trinajstić information content (AvgIpc) is 2.50. The molecule has 1 saturated heterocycles. The van der Waals surface area contributed by atoms with Crippen LogP contribution in [0.15, 0.2) is 0 Å². The van der Waals surface area contributed by atoms with Gasteiger partial charge in [0.1, 0.15) is 0 Å². The first kappa shape index (κ1) is 13.3. The fraction of sp³-hybridized carbons (Fsp3) is 0.714. The summed E-state index contributed by atoms with van der Waals surface area (Å²) in [6.45, 7) is 0. The molecule has 0 unspecified atom stereocenters. The van der Waals surface area contributed by atoms with E-state index in [0.29, 0.717) is 0 Å². The molecule has 94 valence electrons. The Bertz CT molecular complexity index is 316. The number of hydrogen-bond acceptors (Lipinski definition) is 7. The third kappa shape index (κ3) is 2.47. The van der Waals surface area contributed by atoms with Crippen LogP contribution in [0.2, 0.25) is 0 Å². The number of hydrogen-bond donors (Lipinski definition) is 3. The molecule has 1 fully saturated rings. The second-order valence-corrected chi connectivity index (χ2v) is 6.09. The van der Waals surface area contributed by atoms with Crippen molar-refractivity contribution in [3.63, 3.8) is 0 Å². The topological polar surface area (TPSA) is 114 Å². The predicted molar refractivity (Wildman–Crippen MR) is 53.0 cm³/mol. The van der Waals surface area contributed by atoms with Crippen LogP contribution in [0, 0.1) is 0 Å². The van der Waals surface area contributed by atoms with Gasteiger partial charge in [-0.1, -0.05) is 0 Å². The summed E-state index contributed by atoms with van der Waals surface area (Å²) < 4.78 is 14.1. The van der Waals surface area contributed by atoms with Crippen LogP contribution in [0.1, 0.15) is 12.8 Å². The summed E-state index contributed by atoms with van der Waals surface area (Å²) in [5.74, 6) is -1.83. The van der Waals surface area contributed by atoms with Gasteiger partial charge in [-0.15, -0.1) is 0 Å². The SMILES string of the molecule is COP1(O)(OC)N[C@@H](CCC(=O)O)C(=O)O1. The fourth-order valence-corrected chi connectivity index (χ4v) is 3.03. The number of carbonyl (C=O) groups excluding carboxylic acids is 1. The van der Waals surface area contributed by atoms with Crippen molar-refractivity contribution in [3.8, 4) is 0 Å². The van der Waals surface area contributed by atoms with E-state index in [1.165, 1.54) is 0 Å². The van der Waals surface area contributed by atoms with E-state index in [-0.39, 0.29) is 12.8 Å². The molecule has 1 rings (SSSR count). The molecule has 1 atom stereocenters. The van der Waals surface area contributed by atoms with Gasteiger partial charge < -0.3 is 0 Å². The Labute approximate surface area is 91.8 Å². The van der Waals surface area contributed by atoms with E-state index in [0.717, 1.165) is 14.2 Å². The molecule has 8 nitrogen and oxygen atoms in total. The molecule has 9 heteroatoms. The van der Waals surface area contributed by atoms with Crippen molar-refractivity contribution >= 4 is 19.6 Å². The Morgan fingerprint density at radius 2 is 2.12 bits per heavy atom. The molecule has 0 aromatic heterocycles. The van der Waals surface area contributed by atoms with Crippen molar-refractivity contribution in [3.05, 3.63) is 0 Å². The Hall–Kier alpha value is -0.790. The van der Waals surface area contributed by atoms with Crippen LogP contribution < -0.4 is 5.09 Å². The number of carbonyl (C=O) groups is 2. The minimum absolute atomic E-state index is 0.0145. The third-order valence-electron chi connectivity index (χ3n) is 2.20. The minimum atomic E-state index is -4.54. The molecule has 16 heavy (non-hydrogen) atoms. The van der Waals surface area contributed by atoms with Crippen molar-refractivity contribution in [2.75, 3.05) is 14.2 Å². The molecule has 0 bridgehead atoms. The second kappa shape index (κ2) is 4.23. The van der Waals surface area contributed by atoms with Crippen molar-refractivity contribution in [1.82, 2.24) is 5.09 Å². The standard InChI is InChI=1S/C7H14NO7P/c1-13-16(12,14-2)8-5(7(11)15-16)3-4-6(9)10/h5,8,12H,3-4H2,1-2H3,(H,9,10)/t5-/m0/s1. The Balaban J connectivity index is 2.73. The summed E-state index contributed by atoms with van der Waals surface area (Å²) in [6, 6.07) is -0.946. The molecule has 0 aliphatic carbocycles. The van der Waals surface area contributed by atoms with Gasteiger partial charge in [0.15, 0.2) is 0 Å². The van der Waals surface area contributed by atoms with E-state index < -0.39 is 25.6 Å². The van der Waals surface area contributed by atoms with Gasteiger partial charge in [-0.3, -0.25) is 0 Å². The molecule has 1 heterocycles. The van der Waals surface area contributed by atoms with E-state index in [4.69, 9.17) is 14.2 Å². The number of carboxylic acids is 1. The van der Waals surface area contributed by atoms with Gasteiger partial charge in [0, 0.05) is 0 Å². The van der Waals surface area contributed by atoms with E-state index in [1.54, 1.807) is 0 Å². The maximum absolute atomic E-state index is 11.4. The zero-order valence-corrected chi connectivity index (χ0v) is 9.77. The molecule has 1 aliphatic heterocycles. The van der Waals surface area contributed by atoms with Crippen molar-refractivity contribution in [2.24, 2.45) is 0 Å². The van der Waals surface area contributed by atoms with E-state index in [1.807, 2.05) is 0 Å². The van der Waals surface area contributed by atoms with Crippen LogP contribution >= 0.6 is 7.66 Å². The zero-order valence-electron chi connectivity index (χ0n) is 8.87. The van der Waals surface area contributed by atoms with Crippen LogP contribution in [-0.2, 0) is 23.2 Å². The molecular formula is C7H14NO7P. The summed E-state index contributed by atoms with van der Waals surface area (Å²) in [7, 11) is -2.29. The number of nitrogens with one attached hydrogen (secondary N) is 1. The van der Waals surface area contributed by atoms with Crippen LogP contribution in [0.25, 0.3) is 0 Å². The monoisotopic (exact) mass is 255 g/mol. The number of aliphatic carboxylic acids is 1. The number of carboxylic acid groups (broad SMARTS) is 1.